The Balaban J connectivity index is 1.49. The van der Waals surface area contributed by atoms with Gasteiger partial charge < -0.3 is 0 Å². The van der Waals surface area contributed by atoms with Crippen molar-refractivity contribution in [3.63, 3.8) is 0 Å². The second-order valence-corrected chi connectivity index (χ2v) is 7.39. The Hall–Kier alpha value is -1.93. The third-order valence-electron chi connectivity index (χ3n) is 6.20. The van der Waals surface area contributed by atoms with E-state index in [0.717, 1.165) is 44.3 Å². The van der Waals surface area contributed by atoms with E-state index in [-0.39, 0.29) is 5.41 Å². The van der Waals surface area contributed by atoms with Crippen molar-refractivity contribution in [1.82, 2.24) is 4.90 Å². The van der Waals surface area contributed by atoms with Gasteiger partial charge in [0.15, 0.2) is 5.78 Å². The lowest BCUT2D eigenvalue weighted by Gasteiger charge is -2.45. The third kappa shape index (κ3) is 2.59. The molecule has 2 aromatic carbocycles. The van der Waals surface area contributed by atoms with Gasteiger partial charge in [0.2, 0.25) is 0 Å². The van der Waals surface area contributed by atoms with Gasteiger partial charge in [0.1, 0.15) is 0 Å². The van der Waals surface area contributed by atoms with Crippen molar-refractivity contribution in [2.24, 2.45) is 5.41 Å². The summed E-state index contributed by atoms with van der Waals surface area (Å²) in [6.07, 6.45) is 4.07. The molecule has 4 rings (SSSR count). The van der Waals surface area contributed by atoms with E-state index in [1.54, 1.807) is 0 Å². The highest BCUT2D eigenvalue weighted by Gasteiger charge is 2.44. The van der Waals surface area contributed by atoms with Crippen molar-refractivity contribution in [1.29, 1.82) is 0 Å². The molecule has 2 heteroatoms. The van der Waals surface area contributed by atoms with Gasteiger partial charge >= 0.3 is 0 Å². The first-order valence-corrected chi connectivity index (χ1v) is 9.11. The quantitative estimate of drug-likeness (QED) is 0.802. The highest BCUT2D eigenvalue weighted by atomic mass is 16.1. The van der Waals surface area contributed by atoms with Crippen LogP contribution in [0.1, 0.15) is 53.7 Å². The molecule has 24 heavy (non-hydrogen) atoms. The van der Waals surface area contributed by atoms with Crippen LogP contribution in [0.15, 0.2) is 54.6 Å². The number of fused-ring (bicyclic) bond motifs is 1. The molecule has 0 saturated carbocycles. The Morgan fingerprint density at radius 1 is 0.917 bits per heavy atom. The summed E-state index contributed by atoms with van der Waals surface area (Å²) in [5.74, 6) is 0.399. The van der Waals surface area contributed by atoms with Gasteiger partial charge in [-0.25, -0.2) is 0 Å². The molecule has 0 radical (unpaired) electrons. The first kappa shape index (κ1) is 15.6. The molecule has 1 aliphatic heterocycles. The fourth-order valence-corrected chi connectivity index (χ4v) is 4.49. The van der Waals surface area contributed by atoms with Gasteiger partial charge in [-0.05, 0) is 56.8 Å². The minimum Gasteiger partial charge on any atom is -0.297 e. The number of piperidine rings is 1. The van der Waals surface area contributed by atoms with Crippen molar-refractivity contribution in [3.8, 4) is 0 Å². The van der Waals surface area contributed by atoms with Gasteiger partial charge in [-0.15, -0.1) is 0 Å². The van der Waals surface area contributed by atoms with E-state index in [1.165, 1.54) is 11.1 Å². The highest BCUT2D eigenvalue weighted by molar-refractivity contribution is 6.02. The van der Waals surface area contributed by atoms with E-state index in [0.29, 0.717) is 11.8 Å². The minimum absolute atomic E-state index is 0.110. The van der Waals surface area contributed by atoms with Crippen LogP contribution < -0.4 is 0 Å². The van der Waals surface area contributed by atoms with Crippen LogP contribution >= 0.6 is 0 Å². The molecule has 2 aromatic rings. The summed E-state index contributed by atoms with van der Waals surface area (Å²) in [4.78, 5) is 15.7. The fourth-order valence-electron chi connectivity index (χ4n) is 4.49. The van der Waals surface area contributed by atoms with E-state index in [1.807, 2.05) is 18.2 Å². The number of hydrogen-bond acceptors (Lipinski definition) is 2. The van der Waals surface area contributed by atoms with Gasteiger partial charge in [-0.3, -0.25) is 9.69 Å². The number of likely N-dealkylation sites (tertiary alicyclic amines) is 1. The number of carbonyl (C=O) groups is 1. The topological polar surface area (TPSA) is 20.3 Å². The molecular weight excluding hydrogens is 294 g/mol. The average molecular weight is 319 g/mol. The smallest absolute Gasteiger partial charge is 0.169 e. The molecule has 2 aliphatic rings. The molecule has 0 amide bonds. The predicted octanol–water partition coefficient (Wildman–Crippen LogP) is 4.66. The van der Waals surface area contributed by atoms with Crippen LogP contribution in [0, 0.1) is 5.41 Å². The zero-order chi connectivity index (χ0) is 16.6. The molecule has 1 spiro atoms. The lowest BCUT2D eigenvalue weighted by Crippen LogP contribution is -2.47. The Morgan fingerprint density at radius 3 is 2.33 bits per heavy atom. The van der Waals surface area contributed by atoms with Gasteiger partial charge in [-0.1, -0.05) is 54.6 Å². The summed E-state index contributed by atoms with van der Waals surface area (Å²) >= 11 is 0. The monoisotopic (exact) mass is 319 g/mol. The summed E-state index contributed by atoms with van der Waals surface area (Å²) in [5.41, 5.74) is 3.48. The van der Waals surface area contributed by atoms with Crippen LogP contribution in [-0.2, 0) is 6.42 Å². The molecule has 1 fully saturated rings. The van der Waals surface area contributed by atoms with Crippen LogP contribution in [0.2, 0.25) is 0 Å². The highest BCUT2D eigenvalue weighted by Crippen LogP contribution is 2.44. The van der Waals surface area contributed by atoms with Crippen molar-refractivity contribution >= 4 is 5.78 Å². The Morgan fingerprint density at radius 2 is 1.58 bits per heavy atom. The van der Waals surface area contributed by atoms with E-state index in [4.69, 9.17) is 0 Å². The van der Waals surface area contributed by atoms with Crippen LogP contribution in [-0.4, -0.2) is 23.8 Å². The molecule has 1 atom stereocenters. The number of aryl methyl sites for hydroxylation is 1. The standard InChI is InChI=1S/C22H25NO/c1-17(18-7-3-2-4-8-18)23-15-13-22(14-16-23)12-11-19-9-5-6-10-20(19)21(22)24/h2-10,17H,11-16H2,1H3. The predicted molar refractivity (Wildman–Crippen MR) is 97.2 cm³/mol. The Bertz CT molecular complexity index is 729. The molecule has 2 nitrogen and oxygen atoms in total. The first-order valence-electron chi connectivity index (χ1n) is 9.11. The number of ketones is 1. The van der Waals surface area contributed by atoms with E-state index in [9.17, 15) is 4.79 Å². The summed E-state index contributed by atoms with van der Waals surface area (Å²) in [6, 6.07) is 19.3. The van der Waals surface area contributed by atoms with E-state index >= 15 is 0 Å². The summed E-state index contributed by atoms with van der Waals surface area (Å²) in [5, 5.41) is 0. The molecule has 1 unspecified atom stereocenters. The van der Waals surface area contributed by atoms with Gasteiger partial charge in [-0.2, -0.15) is 0 Å². The second kappa shape index (κ2) is 6.18. The first-order chi connectivity index (χ1) is 11.7. The van der Waals surface area contributed by atoms with E-state index < -0.39 is 0 Å². The zero-order valence-electron chi connectivity index (χ0n) is 14.4. The van der Waals surface area contributed by atoms with Crippen LogP contribution in [0.3, 0.4) is 0 Å². The fraction of sp³-hybridized carbons (Fsp3) is 0.409. The van der Waals surface area contributed by atoms with Crippen molar-refractivity contribution < 1.29 is 4.79 Å². The summed E-state index contributed by atoms with van der Waals surface area (Å²) in [7, 11) is 0. The maximum absolute atomic E-state index is 13.1. The third-order valence-corrected chi connectivity index (χ3v) is 6.20. The lowest BCUT2D eigenvalue weighted by atomic mass is 9.65. The Kier molecular flexibility index (Phi) is 4.01. The number of hydrogen-bond donors (Lipinski definition) is 0. The van der Waals surface area contributed by atoms with E-state index in [2.05, 4.69) is 48.2 Å². The summed E-state index contributed by atoms with van der Waals surface area (Å²) in [6.45, 7) is 4.32. The van der Waals surface area contributed by atoms with Crippen molar-refractivity contribution in [3.05, 3.63) is 71.3 Å². The molecule has 0 bridgehead atoms. The number of nitrogens with zero attached hydrogens (tertiary/aromatic N) is 1. The minimum atomic E-state index is -0.110. The molecule has 0 N–H and O–H groups in total. The number of Topliss-reactive ketones (excluding diaryl/α,β-unsaturated/α-hetero) is 1. The number of carbonyl (C=O) groups excluding carboxylic acids is 1. The van der Waals surface area contributed by atoms with Crippen molar-refractivity contribution in [2.75, 3.05) is 13.1 Å². The van der Waals surface area contributed by atoms with Crippen LogP contribution in [0.25, 0.3) is 0 Å². The molecular formula is C22H25NO. The molecule has 1 aliphatic carbocycles. The van der Waals surface area contributed by atoms with Gasteiger partial charge in [0, 0.05) is 17.0 Å². The zero-order valence-corrected chi connectivity index (χ0v) is 14.4. The van der Waals surface area contributed by atoms with Crippen LogP contribution in [0.5, 0.6) is 0 Å². The molecule has 0 aromatic heterocycles. The summed E-state index contributed by atoms with van der Waals surface area (Å²) < 4.78 is 0. The Labute approximate surface area is 144 Å². The van der Waals surface area contributed by atoms with Crippen molar-refractivity contribution in [2.45, 2.75) is 38.6 Å². The molecule has 124 valence electrons. The second-order valence-electron chi connectivity index (χ2n) is 7.39. The normalized spacial score (nSPS) is 21.5. The molecule has 1 heterocycles. The maximum atomic E-state index is 13.1. The SMILES string of the molecule is CC(c1ccccc1)N1CCC2(CCc3ccccc3C2=O)CC1. The number of rotatable bonds is 2. The van der Waals surface area contributed by atoms with Crippen LogP contribution in [0.4, 0.5) is 0 Å². The largest absolute Gasteiger partial charge is 0.297 e. The maximum Gasteiger partial charge on any atom is 0.169 e. The molecule has 1 saturated heterocycles. The number of benzene rings is 2. The average Bonchev–Trinajstić information content (AvgIpc) is 2.66. The van der Waals surface area contributed by atoms with Gasteiger partial charge in [0.05, 0.1) is 0 Å². The lowest BCUT2D eigenvalue weighted by molar-refractivity contribution is 0.0466. The van der Waals surface area contributed by atoms with Gasteiger partial charge in [0.25, 0.3) is 0 Å².